The summed E-state index contributed by atoms with van der Waals surface area (Å²) in [5, 5.41) is 5.82. The van der Waals surface area contributed by atoms with Crippen LogP contribution in [0.25, 0.3) is 0 Å². The normalized spacial score (nSPS) is 9.94. The zero-order chi connectivity index (χ0) is 12.1. The molecular formula is C11H13ClN2O2. The van der Waals surface area contributed by atoms with E-state index in [1.165, 1.54) is 6.92 Å². The number of carbonyl (C=O) groups is 2. The van der Waals surface area contributed by atoms with Gasteiger partial charge >= 0.3 is 0 Å². The second-order valence-corrected chi connectivity index (χ2v) is 3.76. The summed E-state index contributed by atoms with van der Waals surface area (Å²) in [5.41, 5.74) is 0.897. The van der Waals surface area contributed by atoms with Gasteiger partial charge in [-0.2, -0.15) is 0 Å². The van der Waals surface area contributed by atoms with Gasteiger partial charge in [-0.25, -0.2) is 0 Å². The highest BCUT2D eigenvalue weighted by atomic mass is 35.5. The molecule has 0 aliphatic rings. The van der Waals surface area contributed by atoms with Gasteiger partial charge in [0.1, 0.15) is 0 Å². The van der Waals surface area contributed by atoms with E-state index in [-0.39, 0.29) is 18.2 Å². The van der Waals surface area contributed by atoms with Crippen molar-refractivity contribution in [3.05, 3.63) is 28.8 Å². The number of Topliss-reactive ketones (excluding diaryl/α,β-unsaturated/α-hetero) is 1. The SMILES string of the molecule is CNCC(=O)c1cc(Cl)ccc1NC(C)=O. The van der Waals surface area contributed by atoms with Crippen LogP contribution in [-0.4, -0.2) is 25.3 Å². The van der Waals surface area contributed by atoms with Crippen LogP contribution in [0.1, 0.15) is 17.3 Å². The standard InChI is InChI=1S/C11H13ClN2O2/c1-7(15)14-10-4-3-8(12)5-9(10)11(16)6-13-2/h3-5,13H,6H2,1-2H3,(H,14,15). The van der Waals surface area contributed by atoms with Crippen LogP contribution >= 0.6 is 11.6 Å². The molecule has 4 nitrogen and oxygen atoms in total. The maximum absolute atomic E-state index is 11.7. The Bertz CT molecular complexity index is 418. The molecule has 0 saturated heterocycles. The number of anilines is 1. The molecular weight excluding hydrogens is 228 g/mol. The zero-order valence-electron chi connectivity index (χ0n) is 9.13. The van der Waals surface area contributed by atoms with Crippen molar-refractivity contribution in [3.8, 4) is 0 Å². The van der Waals surface area contributed by atoms with Crippen LogP contribution in [0.5, 0.6) is 0 Å². The molecule has 5 heteroatoms. The summed E-state index contributed by atoms with van der Waals surface area (Å²) >= 11 is 5.81. The van der Waals surface area contributed by atoms with Gasteiger partial charge in [-0.1, -0.05) is 11.6 Å². The number of carbonyl (C=O) groups excluding carboxylic acids is 2. The second-order valence-electron chi connectivity index (χ2n) is 3.32. The van der Waals surface area contributed by atoms with E-state index in [0.29, 0.717) is 16.3 Å². The highest BCUT2D eigenvalue weighted by Crippen LogP contribution is 2.21. The van der Waals surface area contributed by atoms with Gasteiger partial charge in [-0.05, 0) is 25.2 Å². The lowest BCUT2D eigenvalue weighted by molar-refractivity contribution is -0.114. The summed E-state index contributed by atoms with van der Waals surface area (Å²) < 4.78 is 0. The van der Waals surface area contributed by atoms with Crippen molar-refractivity contribution in [1.82, 2.24) is 5.32 Å². The van der Waals surface area contributed by atoms with Gasteiger partial charge in [0.25, 0.3) is 0 Å². The largest absolute Gasteiger partial charge is 0.326 e. The highest BCUT2D eigenvalue weighted by molar-refractivity contribution is 6.31. The first-order chi connectivity index (χ1) is 7.54. The van der Waals surface area contributed by atoms with Crippen molar-refractivity contribution in [2.45, 2.75) is 6.92 Å². The number of amides is 1. The average Bonchev–Trinajstić information content (AvgIpc) is 2.20. The Morgan fingerprint density at radius 3 is 2.62 bits per heavy atom. The Labute approximate surface area is 99.0 Å². The number of nitrogens with one attached hydrogen (secondary N) is 2. The van der Waals surface area contributed by atoms with E-state index < -0.39 is 0 Å². The van der Waals surface area contributed by atoms with Gasteiger partial charge < -0.3 is 10.6 Å². The minimum Gasteiger partial charge on any atom is -0.326 e. The van der Waals surface area contributed by atoms with Crippen LogP contribution in [0.15, 0.2) is 18.2 Å². The molecule has 86 valence electrons. The van der Waals surface area contributed by atoms with Crippen molar-refractivity contribution in [1.29, 1.82) is 0 Å². The topological polar surface area (TPSA) is 58.2 Å². The fourth-order valence-electron chi connectivity index (χ4n) is 1.30. The van der Waals surface area contributed by atoms with Crippen LogP contribution in [0, 0.1) is 0 Å². The lowest BCUT2D eigenvalue weighted by atomic mass is 10.1. The number of rotatable bonds is 4. The number of ketones is 1. The number of hydrogen-bond donors (Lipinski definition) is 2. The Hall–Kier alpha value is -1.39. The number of likely N-dealkylation sites (N-methyl/N-ethyl adjacent to an activating group) is 1. The van der Waals surface area contributed by atoms with Crippen LogP contribution in [0.2, 0.25) is 5.02 Å². The fraction of sp³-hybridized carbons (Fsp3) is 0.273. The number of benzene rings is 1. The monoisotopic (exact) mass is 240 g/mol. The molecule has 1 aromatic rings. The summed E-state index contributed by atoms with van der Waals surface area (Å²) in [6.45, 7) is 1.59. The Balaban J connectivity index is 3.07. The van der Waals surface area contributed by atoms with E-state index in [1.807, 2.05) is 0 Å². The molecule has 0 aliphatic heterocycles. The molecule has 0 bridgehead atoms. The Morgan fingerprint density at radius 2 is 2.06 bits per heavy atom. The van der Waals surface area contributed by atoms with Crippen LogP contribution in [0.4, 0.5) is 5.69 Å². The lowest BCUT2D eigenvalue weighted by Gasteiger charge is -2.09. The summed E-state index contributed by atoms with van der Waals surface area (Å²) in [7, 11) is 1.68. The van der Waals surface area contributed by atoms with E-state index >= 15 is 0 Å². The van der Waals surface area contributed by atoms with Gasteiger partial charge in [-0.15, -0.1) is 0 Å². The van der Waals surface area contributed by atoms with Gasteiger partial charge in [0.05, 0.1) is 12.2 Å². The molecule has 2 N–H and O–H groups in total. The molecule has 0 fully saturated rings. The van der Waals surface area contributed by atoms with Crippen molar-refractivity contribution in [2.24, 2.45) is 0 Å². The van der Waals surface area contributed by atoms with E-state index in [9.17, 15) is 9.59 Å². The average molecular weight is 241 g/mol. The first kappa shape index (κ1) is 12.7. The molecule has 0 saturated carbocycles. The molecule has 0 aromatic heterocycles. The van der Waals surface area contributed by atoms with Crippen molar-refractivity contribution in [2.75, 3.05) is 18.9 Å². The van der Waals surface area contributed by atoms with Gasteiger partial charge in [0.2, 0.25) is 5.91 Å². The van der Waals surface area contributed by atoms with Crippen molar-refractivity contribution in [3.63, 3.8) is 0 Å². The van der Waals surface area contributed by atoms with Crippen molar-refractivity contribution >= 4 is 29.0 Å². The van der Waals surface area contributed by atoms with Crippen LogP contribution in [0.3, 0.4) is 0 Å². The maximum atomic E-state index is 11.7. The lowest BCUT2D eigenvalue weighted by Crippen LogP contribution is -2.20. The first-order valence-corrected chi connectivity index (χ1v) is 5.17. The maximum Gasteiger partial charge on any atom is 0.221 e. The van der Waals surface area contributed by atoms with Gasteiger partial charge in [-0.3, -0.25) is 9.59 Å². The molecule has 0 radical (unpaired) electrons. The predicted molar refractivity (Wildman–Crippen MR) is 64.0 cm³/mol. The molecule has 0 atom stereocenters. The second kappa shape index (κ2) is 5.63. The zero-order valence-corrected chi connectivity index (χ0v) is 9.89. The third-order valence-corrected chi connectivity index (χ3v) is 2.17. The molecule has 1 rings (SSSR count). The third kappa shape index (κ3) is 3.32. The predicted octanol–water partition coefficient (Wildman–Crippen LogP) is 1.70. The van der Waals surface area contributed by atoms with E-state index in [2.05, 4.69) is 10.6 Å². The first-order valence-electron chi connectivity index (χ1n) is 4.79. The third-order valence-electron chi connectivity index (χ3n) is 1.93. The minimum absolute atomic E-state index is 0.117. The summed E-state index contributed by atoms with van der Waals surface area (Å²) in [5.74, 6) is -0.338. The molecule has 0 spiro atoms. The minimum atomic E-state index is -0.221. The number of halogens is 1. The summed E-state index contributed by atoms with van der Waals surface area (Å²) in [6, 6.07) is 4.79. The highest BCUT2D eigenvalue weighted by Gasteiger charge is 2.12. The molecule has 0 unspecified atom stereocenters. The van der Waals surface area contributed by atoms with E-state index in [4.69, 9.17) is 11.6 Å². The molecule has 0 aliphatic carbocycles. The number of hydrogen-bond acceptors (Lipinski definition) is 3. The van der Waals surface area contributed by atoms with Crippen molar-refractivity contribution < 1.29 is 9.59 Å². The summed E-state index contributed by atoms with van der Waals surface area (Å²) in [6.07, 6.45) is 0. The Morgan fingerprint density at radius 1 is 1.38 bits per heavy atom. The van der Waals surface area contributed by atoms with Gasteiger partial charge in [0.15, 0.2) is 5.78 Å². The van der Waals surface area contributed by atoms with E-state index in [0.717, 1.165) is 0 Å². The molecule has 1 aromatic carbocycles. The fourth-order valence-corrected chi connectivity index (χ4v) is 1.47. The smallest absolute Gasteiger partial charge is 0.221 e. The summed E-state index contributed by atoms with van der Waals surface area (Å²) in [4.78, 5) is 22.7. The molecule has 16 heavy (non-hydrogen) atoms. The molecule has 0 heterocycles. The van der Waals surface area contributed by atoms with E-state index in [1.54, 1.807) is 25.2 Å². The molecule has 1 amide bonds. The van der Waals surface area contributed by atoms with Crippen LogP contribution in [-0.2, 0) is 4.79 Å². The quantitative estimate of drug-likeness (QED) is 0.788. The van der Waals surface area contributed by atoms with Crippen LogP contribution < -0.4 is 10.6 Å². The van der Waals surface area contributed by atoms with Gasteiger partial charge in [0, 0.05) is 17.5 Å². The Kier molecular flexibility index (Phi) is 4.46.